The first kappa shape index (κ1) is 29.2. The van der Waals surface area contributed by atoms with E-state index in [-0.39, 0.29) is 24.7 Å². The van der Waals surface area contributed by atoms with Gasteiger partial charge in [0.15, 0.2) is 0 Å². The Balaban J connectivity index is 1.69. The van der Waals surface area contributed by atoms with E-state index >= 15 is 0 Å². The van der Waals surface area contributed by atoms with Crippen molar-refractivity contribution in [3.63, 3.8) is 0 Å². The molecule has 0 fully saturated rings. The molecule has 0 aromatic heterocycles. The summed E-state index contributed by atoms with van der Waals surface area (Å²) in [6, 6.07) is 15.9. The quantitative estimate of drug-likeness (QED) is 0.273. The van der Waals surface area contributed by atoms with Crippen LogP contribution in [-0.4, -0.2) is 54.1 Å². The molecule has 12 heteroatoms. The Kier molecular flexibility index (Phi) is 11.2. The van der Waals surface area contributed by atoms with Gasteiger partial charge in [0, 0.05) is 12.2 Å². The molecule has 2 rings (SSSR count). The van der Waals surface area contributed by atoms with Gasteiger partial charge < -0.3 is 9.47 Å². The molecule has 0 aliphatic carbocycles. The van der Waals surface area contributed by atoms with Crippen LogP contribution in [0, 0.1) is 0 Å². The number of benzene rings is 2. The topological polar surface area (TPSA) is 145 Å². The van der Waals surface area contributed by atoms with Gasteiger partial charge in [0.25, 0.3) is 0 Å². The minimum atomic E-state index is -3.64. The molecule has 0 heterocycles. The van der Waals surface area contributed by atoms with Crippen LogP contribution in [0.1, 0.15) is 25.0 Å². The molecule has 0 radical (unpaired) electrons. The fourth-order valence-corrected chi connectivity index (χ4v) is 5.79. The van der Waals surface area contributed by atoms with Crippen LogP contribution in [-0.2, 0) is 50.6 Å². The van der Waals surface area contributed by atoms with Crippen molar-refractivity contribution in [1.82, 2.24) is 9.44 Å². The summed E-state index contributed by atoms with van der Waals surface area (Å²) < 4.78 is 63.5. The zero-order valence-corrected chi connectivity index (χ0v) is 21.6. The van der Waals surface area contributed by atoms with E-state index in [4.69, 9.17) is 9.47 Å². The SMILES string of the molecule is C[C@@H](COC(=O)/C=C/C(=O)OC[C@H](C)NS(=O)(=O)Cc1ccccc1)NS(=O)(=O)Cc1ccccc1. The van der Waals surface area contributed by atoms with Gasteiger partial charge in [0.05, 0.1) is 23.6 Å². The van der Waals surface area contributed by atoms with Gasteiger partial charge in [-0.15, -0.1) is 0 Å². The zero-order valence-electron chi connectivity index (χ0n) is 20.0. The third kappa shape index (κ3) is 12.1. The molecule has 0 bridgehead atoms. The molecule has 36 heavy (non-hydrogen) atoms. The molecule has 0 amide bonds. The lowest BCUT2D eigenvalue weighted by atomic mass is 10.2. The molecule has 0 spiro atoms. The van der Waals surface area contributed by atoms with Gasteiger partial charge >= 0.3 is 11.9 Å². The molecule has 0 aliphatic rings. The maximum absolute atomic E-state index is 12.2. The number of carbonyl (C=O) groups excluding carboxylic acids is 2. The number of sulfonamides is 2. The number of carbonyl (C=O) groups is 2. The third-order valence-corrected chi connectivity index (χ3v) is 7.42. The van der Waals surface area contributed by atoms with Gasteiger partial charge in [0.1, 0.15) is 13.2 Å². The second kappa shape index (κ2) is 13.9. The molecule has 2 N–H and O–H groups in total. The van der Waals surface area contributed by atoms with E-state index in [0.717, 1.165) is 12.2 Å². The Bertz CT molecular complexity index is 1130. The fourth-order valence-electron chi connectivity index (χ4n) is 3.00. The van der Waals surface area contributed by atoms with E-state index in [9.17, 15) is 26.4 Å². The summed E-state index contributed by atoms with van der Waals surface area (Å²) in [4.78, 5) is 23.6. The summed E-state index contributed by atoms with van der Waals surface area (Å²) in [7, 11) is -7.27. The molecule has 2 aromatic carbocycles. The van der Waals surface area contributed by atoms with Crippen molar-refractivity contribution in [2.75, 3.05) is 13.2 Å². The molecule has 10 nitrogen and oxygen atoms in total. The Morgan fingerprint density at radius 1 is 0.694 bits per heavy atom. The van der Waals surface area contributed by atoms with Crippen LogP contribution in [0.5, 0.6) is 0 Å². The van der Waals surface area contributed by atoms with Crippen LogP contribution in [0.4, 0.5) is 0 Å². The number of hydrogen-bond acceptors (Lipinski definition) is 8. The van der Waals surface area contributed by atoms with Crippen molar-refractivity contribution in [3.8, 4) is 0 Å². The molecule has 196 valence electrons. The van der Waals surface area contributed by atoms with Crippen molar-refractivity contribution < 1.29 is 35.9 Å². The Labute approximate surface area is 211 Å². The van der Waals surface area contributed by atoms with Crippen LogP contribution < -0.4 is 9.44 Å². The van der Waals surface area contributed by atoms with Crippen molar-refractivity contribution in [3.05, 3.63) is 83.9 Å². The van der Waals surface area contributed by atoms with Crippen molar-refractivity contribution in [2.45, 2.75) is 37.4 Å². The van der Waals surface area contributed by atoms with Crippen molar-refractivity contribution in [2.24, 2.45) is 0 Å². The maximum Gasteiger partial charge on any atom is 0.331 e. The highest BCUT2D eigenvalue weighted by Gasteiger charge is 2.18. The molecular formula is C24H30N2O8S2. The Morgan fingerprint density at radius 2 is 1.03 bits per heavy atom. The van der Waals surface area contributed by atoms with Gasteiger partial charge in [-0.2, -0.15) is 0 Å². The lowest BCUT2D eigenvalue weighted by Gasteiger charge is -2.14. The molecule has 0 saturated heterocycles. The summed E-state index contributed by atoms with van der Waals surface area (Å²) in [6.07, 6.45) is 1.69. The van der Waals surface area contributed by atoms with Crippen molar-refractivity contribution >= 4 is 32.0 Å². The number of rotatable bonds is 14. The first-order chi connectivity index (χ1) is 16.9. The average Bonchev–Trinajstić information content (AvgIpc) is 2.80. The minimum absolute atomic E-state index is 0.210. The monoisotopic (exact) mass is 538 g/mol. The molecule has 2 aromatic rings. The molecule has 0 aliphatic heterocycles. The van der Waals surface area contributed by atoms with Gasteiger partial charge in [0.2, 0.25) is 20.0 Å². The molecule has 0 unspecified atom stereocenters. The standard InChI is InChI=1S/C24H30N2O8S2/c1-19(25-35(29,30)17-21-9-5-3-6-10-21)15-33-23(27)13-14-24(28)34-16-20(2)26-36(31,32)18-22-11-7-4-8-12-22/h3-14,19-20,25-26H,15-18H2,1-2H3/b14-13+/t19-,20-/m0/s1. The van der Waals surface area contributed by atoms with Gasteiger partial charge in [-0.3, -0.25) is 0 Å². The molecule has 2 atom stereocenters. The summed E-state index contributed by atoms with van der Waals surface area (Å²) in [5, 5.41) is 0. The number of esters is 2. The Morgan fingerprint density at radius 3 is 1.36 bits per heavy atom. The van der Waals surface area contributed by atoms with Gasteiger partial charge in [-0.1, -0.05) is 60.7 Å². The van der Waals surface area contributed by atoms with E-state index in [1.54, 1.807) is 60.7 Å². The normalized spacial score (nSPS) is 13.7. The fraction of sp³-hybridized carbons (Fsp3) is 0.333. The summed E-state index contributed by atoms with van der Waals surface area (Å²) in [5.74, 6) is -2.15. The summed E-state index contributed by atoms with van der Waals surface area (Å²) in [6.45, 7) is 2.58. The number of ether oxygens (including phenoxy) is 2. The largest absolute Gasteiger partial charge is 0.461 e. The van der Waals surface area contributed by atoms with Crippen LogP contribution in [0.3, 0.4) is 0 Å². The number of hydrogen-bond donors (Lipinski definition) is 2. The van der Waals surface area contributed by atoms with Crippen LogP contribution in [0.2, 0.25) is 0 Å². The second-order valence-corrected chi connectivity index (χ2v) is 11.6. The van der Waals surface area contributed by atoms with E-state index in [1.165, 1.54) is 13.8 Å². The first-order valence-corrected chi connectivity index (χ1v) is 14.3. The van der Waals surface area contributed by atoms with Gasteiger partial charge in [-0.25, -0.2) is 35.9 Å². The summed E-state index contributed by atoms with van der Waals surface area (Å²) in [5.41, 5.74) is 1.24. The highest BCUT2D eigenvalue weighted by molar-refractivity contribution is 7.89. The van der Waals surface area contributed by atoms with E-state index in [0.29, 0.717) is 11.1 Å². The maximum atomic E-state index is 12.2. The van der Waals surface area contributed by atoms with Crippen molar-refractivity contribution in [1.29, 1.82) is 0 Å². The predicted molar refractivity (Wildman–Crippen MR) is 134 cm³/mol. The molecular weight excluding hydrogens is 508 g/mol. The van der Waals surface area contributed by atoms with Crippen LogP contribution >= 0.6 is 0 Å². The molecule has 0 saturated carbocycles. The smallest absolute Gasteiger partial charge is 0.331 e. The van der Waals surface area contributed by atoms with Crippen LogP contribution in [0.15, 0.2) is 72.8 Å². The summed E-state index contributed by atoms with van der Waals surface area (Å²) >= 11 is 0. The van der Waals surface area contributed by atoms with E-state index < -0.39 is 44.1 Å². The lowest BCUT2D eigenvalue weighted by Crippen LogP contribution is -2.37. The minimum Gasteiger partial charge on any atom is -0.461 e. The average molecular weight is 539 g/mol. The second-order valence-electron chi connectivity index (χ2n) is 8.12. The third-order valence-electron chi connectivity index (χ3n) is 4.47. The lowest BCUT2D eigenvalue weighted by molar-refractivity contribution is -0.141. The van der Waals surface area contributed by atoms with E-state index in [1.807, 2.05) is 0 Å². The number of nitrogens with one attached hydrogen (secondary N) is 2. The Hall–Kier alpha value is -3.06. The zero-order chi connectivity index (χ0) is 26.6. The predicted octanol–water partition coefficient (Wildman–Crippen LogP) is 1.65. The van der Waals surface area contributed by atoms with Gasteiger partial charge in [-0.05, 0) is 25.0 Å². The highest BCUT2D eigenvalue weighted by Crippen LogP contribution is 2.06. The highest BCUT2D eigenvalue weighted by atomic mass is 32.2. The van der Waals surface area contributed by atoms with E-state index in [2.05, 4.69) is 9.44 Å². The first-order valence-electron chi connectivity index (χ1n) is 11.0. The van der Waals surface area contributed by atoms with Crippen LogP contribution in [0.25, 0.3) is 0 Å².